The number of nitrogens with one attached hydrogen (secondary N) is 1. The van der Waals surface area contributed by atoms with Crippen molar-refractivity contribution < 1.29 is 9.53 Å². The van der Waals surface area contributed by atoms with Gasteiger partial charge in [0.2, 0.25) is 0 Å². The molecule has 1 aromatic carbocycles. The number of benzene rings is 1. The average Bonchev–Trinajstić information content (AvgIpc) is 2.97. The highest BCUT2D eigenvalue weighted by Gasteiger charge is 2.26. The second kappa shape index (κ2) is 7.10. The average molecular weight is 331 g/mol. The molecule has 1 saturated heterocycles. The van der Waals surface area contributed by atoms with E-state index < -0.39 is 0 Å². The van der Waals surface area contributed by atoms with Gasteiger partial charge in [-0.05, 0) is 30.8 Å². The molecule has 1 amide bonds. The minimum Gasteiger partial charge on any atom is -0.375 e. The van der Waals surface area contributed by atoms with Crippen LogP contribution in [0.5, 0.6) is 0 Å². The zero-order valence-electron chi connectivity index (χ0n) is 13.2. The van der Waals surface area contributed by atoms with E-state index in [9.17, 15) is 4.79 Å². The summed E-state index contributed by atoms with van der Waals surface area (Å²) < 4.78 is 8.05. The number of para-hydroxylation sites is 1. The minimum atomic E-state index is -0.00870. The molecule has 2 heterocycles. The van der Waals surface area contributed by atoms with Crippen molar-refractivity contribution in [2.45, 2.75) is 25.9 Å². The molecule has 122 valence electrons. The molecule has 1 N–H and O–H groups in total. The summed E-state index contributed by atoms with van der Waals surface area (Å²) in [7, 11) is 0. The van der Waals surface area contributed by atoms with Gasteiger partial charge in [0.1, 0.15) is 5.69 Å². The molecule has 1 atom stereocenters. The van der Waals surface area contributed by atoms with Crippen LogP contribution in [0.25, 0.3) is 5.69 Å². The molecule has 1 aliphatic heterocycles. The number of hydrogen-bond acceptors (Lipinski definition) is 3. The van der Waals surface area contributed by atoms with Gasteiger partial charge >= 0.3 is 0 Å². The van der Waals surface area contributed by atoms with E-state index in [0.717, 1.165) is 18.5 Å². The Morgan fingerprint density at radius 3 is 2.91 bits per heavy atom. The summed E-state index contributed by atoms with van der Waals surface area (Å²) >= 11 is 5.35. The molecule has 0 saturated carbocycles. The summed E-state index contributed by atoms with van der Waals surface area (Å²) in [5.74, 6) is -0.00870. The molecule has 1 fully saturated rings. The van der Waals surface area contributed by atoms with Crippen LogP contribution < -0.4 is 0 Å². The first-order valence-electron chi connectivity index (χ1n) is 7.97. The number of hydrogen-bond donors (Lipinski definition) is 1. The fraction of sp³-hybridized carbons (Fsp3) is 0.412. The predicted octanol–water partition coefficient (Wildman–Crippen LogP) is 3.18. The van der Waals surface area contributed by atoms with Crippen molar-refractivity contribution in [1.82, 2.24) is 14.5 Å². The second-order valence-electron chi connectivity index (χ2n) is 5.68. The molecule has 2 aromatic rings. The van der Waals surface area contributed by atoms with Crippen LogP contribution in [0.2, 0.25) is 0 Å². The van der Waals surface area contributed by atoms with E-state index >= 15 is 0 Å². The number of H-pyrrole nitrogens is 1. The van der Waals surface area contributed by atoms with E-state index in [1.807, 2.05) is 35.2 Å². The fourth-order valence-corrected chi connectivity index (χ4v) is 3.18. The number of morpholine rings is 1. The van der Waals surface area contributed by atoms with Crippen molar-refractivity contribution >= 4 is 18.1 Å². The van der Waals surface area contributed by atoms with Gasteiger partial charge < -0.3 is 14.6 Å². The Bertz CT molecular complexity index is 721. The topological polar surface area (TPSA) is 50.3 Å². The maximum Gasteiger partial charge on any atom is 0.272 e. The molecular formula is C17H21N3O2S. The number of aromatic nitrogens is 2. The Kier molecular flexibility index (Phi) is 4.93. The molecular weight excluding hydrogens is 310 g/mol. The largest absolute Gasteiger partial charge is 0.375 e. The van der Waals surface area contributed by atoms with Crippen LogP contribution in [0.15, 0.2) is 36.5 Å². The van der Waals surface area contributed by atoms with Gasteiger partial charge in [0.25, 0.3) is 5.91 Å². The van der Waals surface area contributed by atoms with Crippen molar-refractivity contribution in [3.05, 3.63) is 47.0 Å². The smallest absolute Gasteiger partial charge is 0.272 e. The van der Waals surface area contributed by atoms with Gasteiger partial charge in [-0.1, -0.05) is 31.5 Å². The normalized spacial score (nSPS) is 18.1. The summed E-state index contributed by atoms with van der Waals surface area (Å²) in [6, 6.07) is 9.70. The summed E-state index contributed by atoms with van der Waals surface area (Å²) in [5, 5.41) is 0. The maximum absolute atomic E-state index is 12.9. The fourth-order valence-electron chi connectivity index (χ4n) is 2.92. The van der Waals surface area contributed by atoms with Crippen LogP contribution in [0.1, 0.15) is 30.3 Å². The lowest BCUT2D eigenvalue weighted by Gasteiger charge is -2.33. The molecule has 0 aliphatic carbocycles. The van der Waals surface area contributed by atoms with E-state index in [1.54, 1.807) is 10.8 Å². The molecule has 1 aliphatic rings. The van der Waals surface area contributed by atoms with E-state index in [2.05, 4.69) is 11.9 Å². The molecule has 5 nitrogen and oxygen atoms in total. The number of rotatable bonds is 4. The third kappa shape index (κ3) is 3.38. The molecule has 1 aromatic heterocycles. The Hall–Kier alpha value is -1.92. The Balaban J connectivity index is 1.87. The SMILES string of the molecule is CCCC1CN(C(=O)c2c[nH]c(=S)n2-c2ccccc2)CCO1. The van der Waals surface area contributed by atoms with Gasteiger partial charge in [0, 0.05) is 25.0 Å². The lowest BCUT2D eigenvalue weighted by Crippen LogP contribution is -2.46. The van der Waals surface area contributed by atoms with Crippen molar-refractivity contribution in [1.29, 1.82) is 0 Å². The summed E-state index contributed by atoms with van der Waals surface area (Å²) in [4.78, 5) is 17.8. The quantitative estimate of drug-likeness (QED) is 0.876. The number of amides is 1. The Labute approximate surface area is 140 Å². The number of ether oxygens (including phenoxy) is 1. The highest BCUT2D eigenvalue weighted by atomic mass is 32.1. The zero-order chi connectivity index (χ0) is 16.2. The van der Waals surface area contributed by atoms with Crippen molar-refractivity contribution in [3.8, 4) is 5.69 Å². The third-order valence-corrected chi connectivity index (χ3v) is 4.35. The predicted molar refractivity (Wildman–Crippen MR) is 91.5 cm³/mol. The highest BCUT2D eigenvalue weighted by Crippen LogP contribution is 2.17. The number of carbonyl (C=O) groups excluding carboxylic acids is 1. The zero-order valence-corrected chi connectivity index (χ0v) is 14.0. The molecule has 0 bridgehead atoms. The number of nitrogens with zero attached hydrogens (tertiary/aromatic N) is 2. The standard InChI is InChI=1S/C17H21N3O2S/c1-2-6-14-12-19(9-10-22-14)16(21)15-11-18-17(23)20(15)13-7-4-3-5-8-13/h3-5,7-8,11,14H,2,6,9-10,12H2,1H3,(H,18,23). The van der Waals surface area contributed by atoms with Crippen molar-refractivity contribution in [2.24, 2.45) is 0 Å². The van der Waals surface area contributed by atoms with Gasteiger partial charge in [0.05, 0.1) is 12.7 Å². The molecule has 23 heavy (non-hydrogen) atoms. The monoisotopic (exact) mass is 331 g/mol. The van der Waals surface area contributed by atoms with Crippen molar-refractivity contribution in [2.75, 3.05) is 19.7 Å². The number of imidazole rings is 1. The van der Waals surface area contributed by atoms with E-state index in [4.69, 9.17) is 17.0 Å². The van der Waals surface area contributed by atoms with E-state index in [1.165, 1.54) is 0 Å². The summed E-state index contributed by atoms with van der Waals surface area (Å²) in [5.41, 5.74) is 1.46. The van der Waals surface area contributed by atoms with Gasteiger partial charge in [-0.25, -0.2) is 0 Å². The number of aromatic amines is 1. The van der Waals surface area contributed by atoms with Crippen LogP contribution in [-0.4, -0.2) is 46.2 Å². The molecule has 0 spiro atoms. The van der Waals surface area contributed by atoms with Crippen LogP contribution in [0.4, 0.5) is 0 Å². The minimum absolute atomic E-state index is 0.00870. The van der Waals surface area contributed by atoms with Crippen molar-refractivity contribution in [3.63, 3.8) is 0 Å². The first kappa shape index (κ1) is 16.0. The van der Waals surface area contributed by atoms with Crippen LogP contribution >= 0.6 is 12.2 Å². The molecule has 1 unspecified atom stereocenters. The van der Waals surface area contributed by atoms with Crippen LogP contribution in [-0.2, 0) is 4.74 Å². The number of carbonyl (C=O) groups is 1. The summed E-state index contributed by atoms with van der Waals surface area (Å²) in [6.07, 6.45) is 3.85. The van der Waals surface area contributed by atoms with E-state index in [-0.39, 0.29) is 12.0 Å². The van der Waals surface area contributed by atoms with Gasteiger partial charge in [-0.3, -0.25) is 9.36 Å². The lowest BCUT2D eigenvalue weighted by atomic mass is 10.1. The first-order valence-corrected chi connectivity index (χ1v) is 8.38. The van der Waals surface area contributed by atoms with Gasteiger partial charge in [-0.2, -0.15) is 0 Å². The third-order valence-electron chi connectivity index (χ3n) is 4.05. The molecule has 3 rings (SSSR count). The molecule has 0 radical (unpaired) electrons. The second-order valence-corrected chi connectivity index (χ2v) is 6.07. The van der Waals surface area contributed by atoms with E-state index in [0.29, 0.717) is 30.2 Å². The summed E-state index contributed by atoms with van der Waals surface area (Å²) in [6.45, 7) is 3.97. The first-order chi connectivity index (χ1) is 11.2. The lowest BCUT2D eigenvalue weighted by molar-refractivity contribution is -0.0252. The Morgan fingerprint density at radius 1 is 1.39 bits per heavy atom. The maximum atomic E-state index is 12.9. The van der Waals surface area contributed by atoms with Gasteiger partial charge in [0.15, 0.2) is 4.77 Å². The van der Waals surface area contributed by atoms with Gasteiger partial charge in [-0.15, -0.1) is 0 Å². The molecule has 6 heteroatoms. The van der Waals surface area contributed by atoms with Crippen LogP contribution in [0, 0.1) is 4.77 Å². The highest BCUT2D eigenvalue weighted by molar-refractivity contribution is 7.71. The Morgan fingerprint density at radius 2 is 2.17 bits per heavy atom. The van der Waals surface area contributed by atoms with Crippen LogP contribution in [0.3, 0.4) is 0 Å².